The fraction of sp³-hybridized carbons (Fsp3) is 0.214. The fourth-order valence-corrected chi connectivity index (χ4v) is 1.65. The molecular formula is C14H16N2. The lowest BCUT2D eigenvalue weighted by molar-refractivity contribution is 0.969. The SMILES string of the molecule is Cc1ccc(-c2ccc(CCN)cc2)nc1. The van der Waals surface area contributed by atoms with E-state index in [1.165, 1.54) is 11.1 Å². The van der Waals surface area contributed by atoms with Gasteiger partial charge >= 0.3 is 0 Å². The van der Waals surface area contributed by atoms with E-state index in [4.69, 9.17) is 5.73 Å². The summed E-state index contributed by atoms with van der Waals surface area (Å²) in [5.74, 6) is 0. The molecule has 2 heteroatoms. The third-order valence-corrected chi connectivity index (χ3v) is 2.59. The second-order valence-corrected chi connectivity index (χ2v) is 3.96. The highest BCUT2D eigenvalue weighted by molar-refractivity contribution is 5.59. The lowest BCUT2D eigenvalue weighted by Gasteiger charge is -2.03. The van der Waals surface area contributed by atoms with Crippen LogP contribution in [0.5, 0.6) is 0 Å². The van der Waals surface area contributed by atoms with E-state index in [0.717, 1.165) is 17.7 Å². The van der Waals surface area contributed by atoms with Gasteiger partial charge in [-0.3, -0.25) is 4.98 Å². The summed E-state index contributed by atoms with van der Waals surface area (Å²) < 4.78 is 0. The average Bonchev–Trinajstić information content (AvgIpc) is 2.32. The van der Waals surface area contributed by atoms with E-state index in [2.05, 4.69) is 35.3 Å². The molecule has 0 saturated heterocycles. The first kappa shape index (κ1) is 10.8. The first-order chi connectivity index (χ1) is 7.79. The first-order valence-electron chi connectivity index (χ1n) is 5.51. The number of aromatic nitrogens is 1. The second-order valence-electron chi connectivity index (χ2n) is 3.96. The van der Waals surface area contributed by atoms with Crippen molar-refractivity contribution in [3.63, 3.8) is 0 Å². The Labute approximate surface area is 96.1 Å². The Hall–Kier alpha value is -1.67. The van der Waals surface area contributed by atoms with Gasteiger partial charge in [0, 0.05) is 11.8 Å². The molecule has 0 unspecified atom stereocenters. The number of benzene rings is 1. The highest BCUT2D eigenvalue weighted by atomic mass is 14.7. The van der Waals surface area contributed by atoms with Crippen LogP contribution in [0.1, 0.15) is 11.1 Å². The van der Waals surface area contributed by atoms with E-state index < -0.39 is 0 Å². The van der Waals surface area contributed by atoms with Gasteiger partial charge in [-0.05, 0) is 37.1 Å². The monoisotopic (exact) mass is 212 g/mol. The Morgan fingerprint density at radius 3 is 2.38 bits per heavy atom. The Kier molecular flexibility index (Phi) is 3.32. The number of hydrogen-bond donors (Lipinski definition) is 1. The number of nitrogens with zero attached hydrogens (tertiary/aromatic N) is 1. The summed E-state index contributed by atoms with van der Waals surface area (Å²) in [6.07, 6.45) is 2.82. The van der Waals surface area contributed by atoms with Crippen LogP contribution in [0.4, 0.5) is 0 Å². The minimum absolute atomic E-state index is 0.697. The zero-order valence-electron chi connectivity index (χ0n) is 9.48. The van der Waals surface area contributed by atoms with Crippen molar-refractivity contribution in [2.24, 2.45) is 5.73 Å². The maximum absolute atomic E-state index is 5.51. The zero-order chi connectivity index (χ0) is 11.4. The normalized spacial score (nSPS) is 10.4. The van der Waals surface area contributed by atoms with Crippen molar-refractivity contribution in [3.8, 4) is 11.3 Å². The Morgan fingerprint density at radius 2 is 1.81 bits per heavy atom. The van der Waals surface area contributed by atoms with Gasteiger partial charge in [0.05, 0.1) is 5.69 Å². The van der Waals surface area contributed by atoms with Crippen LogP contribution < -0.4 is 5.73 Å². The molecule has 82 valence electrons. The summed E-state index contributed by atoms with van der Waals surface area (Å²) >= 11 is 0. The van der Waals surface area contributed by atoms with Crippen LogP contribution in [-0.2, 0) is 6.42 Å². The van der Waals surface area contributed by atoms with Crippen molar-refractivity contribution >= 4 is 0 Å². The van der Waals surface area contributed by atoms with Gasteiger partial charge in [-0.1, -0.05) is 30.3 Å². The van der Waals surface area contributed by atoms with Crippen molar-refractivity contribution < 1.29 is 0 Å². The van der Waals surface area contributed by atoms with Crippen molar-refractivity contribution in [1.29, 1.82) is 0 Å². The van der Waals surface area contributed by atoms with E-state index >= 15 is 0 Å². The van der Waals surface area contributed by atoms with Crippen molar-refractivity contribution in [2.75, 3.05) is 6.54 Å². The molecule has 0 amide bonds. The number of nitrogens with two attached hydrogens (primary N) is 1. The van der Waals surface area contributed by atoms with E-state index in [-0.39, 0.29) is 0 Å². The van der Waals surface area contributed by atoms with Gasteiger partial charge in [0.25, 0.3) is 0 Å². The molecule has 0 bridgehead atoms. The predicted molar refractivity (Wildman–Crippen MR) is 67.2 cm³/mol. The standard InChI is InChI=1S/C14H16N2/c1-11-2-7-14(16-10-11)13-5-3-12(4-6-13)8-9-15/h2-7,10H,8-9,15H2,1H3. The van der Waals surface area contributed by atoms with Gasteiger partial charge in [0.15, 0.2) is 0 Å². The molecule has 1 aromatic heterocycles. The van der Waals surface area contributed by atoms with E-state index in [9.17, 15) is 0 Å². The summed E-state index contributed by atoms with van der Waals surface area (Å²) in [4.78, 5) is 4.40. The molecule has 0 atom stereocenters. The lowest BCUT2D eigenvalue weighted by Crippen LogP contribution is -2.02. The molecule has 0 fully saturated rings. The molecule has 0 spiro atoms. The van der Waals surface area contributed by atoms with Gasteiger partial charge in [-0.15, -0.1) is 0 Å². The van der Waals surface area contributed by atoms with Gasteiger partial charge < -0.3 is 5.73 Å². The summed E-state index contributed by atoms with van der Waals surface area (Å²) in [5.41, 5.74) is 10.1. The molecule has 1 aromatic carbocycles. The maximum Gasteiger partial charge on any atom is 0.0702 e. The molecular weight excluding hydrogens is 196 g/mol. The smallest absolute Gasteiger partial charge is 0.0702 e. The van der Waals surface area contributed by atoms with E-state index in [1.54, 1.807) is 0 Å². The maximum atomic E-state index is 5.51. The molecule has 2 aromatic rings. The molecule has 0 saturated carbocycles. The Balaban J connectivity index is 2.24. The third kappa shape index (κ3) is 2.47. The van der Waals surface area contributed by atoms with Crippen LogP contribution in [0.3, 0.4) is 0 Å². The summed E-state index contributed by atoms with van der Waals surface area (Å²) in [5, 5.41) is 0. The van der Waals surface area contributed by atoms with Gasteiger partial charge in [-0.25, -0.2) is 0 Å². The van der Waals surface area contributed by atoms with Gasteiger partial charge in [0.1, 0.15) is 0 Å². The fourth-order valence-electron chi connectivity index (χ4n) is 1.65. The summed E-state index contributed by atoms with van der Waals surface area (Å²) in [6, 6.07) is 12.6. The highest BCUT2D eigenvalue weighted by Gasteiger charge is 1.98. The molecule has 1 heterocycles. The minimum atomic E-state index is 0.697. The van der Waals surface area contributed by atoms with Crippen molar-refractivity contribution in [3.05, 3.63) is 53.7 Å². The zero-order valence-corrected chi connectivity index (χ0v) is 9.48. The number of hydrogen-bond acceptors (Lipinski definition) is 2. The van der Waals surface area contributed by atoms with Crippen molar-refractivity contribution in [2.45, 2.75) is 13.3 Å². The quantitative estimate of drug-likeness (QED) is 0.849. The van der Waals surface area contributed by atoms with Crippen LogP contribution in [0, 0.1) is 6.92 Å². The van der Waals surface area contributed by atoms with Crippen LogP contribution in [0.2, 0.25) is 0 Å². The van der Waals surface area contributed by atoms with Gasteiger partial charge in [0.2, 0.25) is 0 Å². The van der Waals surface area contributed by atoms with Crippen LogP contribution >= 0.6 is 0 Å². The highest BCUT2D eigenvalue weighted by Crippen LogP contribution is 2.17. The van der Waals surface area contributed by atoms with Crippen LogP contribution in [0.25, 0.3) is 11.3 Å². The molecule has 2 N–H and O–H groups in total. The molecule has 0 aliphatic heterocycles. The van der Waals surface area contributed by atoms with Crippen LogP contribution in [-0.4, -0.2) is 11.5 Å². The largest absolute Gasteiger partial charge is 0.330 e. The third-order valence-electron chi connectivity index (χ3n) is 2.59. The molecule has 0 aliphatic carbocycles. The summed E-state index contributed by atoms with van der Waals surface area (Å²) in [6.45, 7) is 2.74. The molecule has 2 nitrogen and oxygen atoms in total. The number of aryl methyl sites for hydroxylation is 1. The van der Waals surface area contributed by atoms with E-state index in [0.29, 0.717) is 6.54 Å². The summed E-state index contributed by atoms with van der Waals surface area (Å²) in [7, 11) is 0. The number of pyridine rings is 1. The Bertz CT molecular complexity index is 443. The second kappa shape index (κ2) is 4.90. The molecule has 16 heavy (non-hydrogen) atoms. The average molecular weight is 212 g/mol. The van der Waals surface area contributed by atoms with Crippen LogP contribution in [0.15, 0.2) is 42.6 Å². The topological polar surface area (TPSA) is 38.9 Å². The van der Waals surface area contributed by atoms with E-state index in [1.807, 2.05) is 19.2 Å². The van der Waals surface area contributed by atoms with Crippen molar-refractivity contribution in [1.82, 2.24) is 4.98 Å². The number of rotatable bonds is 3. The van der Waals surface area contributed by atoms with Gasteiger partial charge in [-0.2, -0.15) is 0 Å². The molecule has 0 radical (unpaired) electrons. The lowest BCUT2D eigenvalue weighted by atomic mass is 10.1. The minimum Gasteiger partial charge on any atom is -0.330 e. The molecule has 0 aliphatic rings. The molecule has 2 rings (SSSR count). The first-order valence-corrected chi connectivity index (χ1v) is 5.51. The predicted octanol–water partition coefficient (Wildman–Crippen LogP) is 2.56. The Morgan fingerprint density at radius 1 is 1.06 bits per heavy atom.